The molecule has 2 heterocycles. The van der Waals surface area contributed by atoms with Crippen LogP contribution in [0, 0.1) is 0 Å². The second-order valence-corrected chi connectivity index (χ2v) is 14.1. The lowest BCUT2D eigenvalue weighted by Gasteiger charge is -2.28. The SMILES string of the molecule is c1ccc(-c2ccc(N(c3ccc(-n4c5ccccc5c5ccccc54)cc3)c3ccccc3-c3cccc4ccc5c6ccccc6oc5c34)cc2)cc1. The third-order valence-electron chi connectivity index (χ3n) is 11.0. The van der Waals surface area contributed by atoms with Crippen LogP contribution >= 0.6 is 0 Å². The van der Waals surface area contributed by atoms with E-state index in [-0.39, 0.29) is 0 Å². The lowest BCUT2D eigenvalue weighted by atomic mass is 9.94. The topological polar surface area (TPSA) is 21.3 Å². The first-order valence-corrected chi connectivity index (χ1v) is 18.8. The molecule has 0 atom stereocenters. The molecule has 0 amide bonds. The molecule has 0 unspecified atom stereocenters. The Labute approximate surface area is 318 Å². The summed E-state index contributed by atoms with van der Waals surface area (Å²) in [6.45, 7) is 0. The molecule has 9 aromatic carbocycles. The molecular weight excluding hydrogens is 669 g/mol. The highest BCUT2D eigenvalue weighted by Gasteiger charge is 2.21. The molecular formula is C52H34N2O. The highest BCUT2D eigenvalue weighted by atomic mass is 16.3. The Hall–Kier alpha value is -7.36. The second kappa shape index (κ2) is 12.6. The minimum Gasteiger partial charge on any atom is -0.455 e. The number of nitrogens with zero attached hydrogens (tertiary/aromatic N) is 2. The van der Waals surface area contributed by atoms with E-state index in [1.54, 1.807) is 0 Å². The van der Waals surface area contributed by atoms with Gasteiger partial charge in [0.25, 0.3) is 0 Å². The highest BCUT2D eigenvalue weighted by Crippen LogP contribution is 2.46. The van der Waals surface area contributed by atoms with Gasteiger partial charge in [0.15, 0.2) is 0 Å². The second-order valence-electron chi connectivity index (χ2n) is 14.1. The van der Waals surface area contributed by atoms with Crippen LogP contribution in [0.4, 0.5) is 17.1 Å². The molecule has 2 aromatic heterocycles. The van der Waals surface area contributed by atoms with Gasteiger partial charge >= 0.3 is 0 Å². The maximum absolute atomic E-state index is 6.65. The Morgan fingerprint density at radius 1 is 0.382 bits per heavy atom. The lowest BCUT2D eigenvalue weighted by molar-refractivity contribution is 0.673. The summed E-state index contributed by atoms with van der Waals surface area (Å²) < 4.78 is 9.02. The van der Waals surface area contributed by atoms with E-state index in [4.69, 9.17) is 4.42 Å². The molecule has 258 valence electrons. The van der Waals surface area contributed by atoms with E-state index in [1.165, 1.54) is 32.9 Å². The summed E-state index contributed by atoms with van der Waals surface area (Å²) in [6, 6.07) is 73.9. The number of aromatic nitrogens is 1. The Morgan fingerprint density at radius 2 is 0.964 bits per heavy atom. The van der Waals surface area contributed by atoms with E-state index in [0.717, 1.165) is 66.6 Å². The molecule has 0 spiro atoms. The standard InChI is InChI=1S/C52H34N2O/c1-2-13-35(14-3-1)36-25-28-38(29-26-36)53(39-30-32-40(33-31-39)54-48-22-9-4-16-41(48)42-17-5-10-23-49(42)54)47-21-8-6-18-43(47)45-20-12-15-37-27-34-46-44-19-7-11-24-50(44)55-52(46)51(37)45/h1-34H. The minimum atomic E-state index is 0.900. The van der Waals surface area contributed by atoms with Crippen LogP contribution in [-0.2, 0) is 0 Å². The first-order valence-electron chi connectivity index (χ1n) is 18.8. The van der Waals surface area contributed by atoms with Crippen molar-refractivity contribution in [2.24, 2.45) is 0 Å². The summed E-state index contributed by atoms with van der Waals surface area (Å²) in [5.74, 6) is 0. The van der Waals surface area contributed by atoms with Crippen molar-refractivity contribution in [3.05, 3.63) is 206 Å². The van der Waals surface area contributed by atoms with Crippen LogP contribution in [-0.4, -0.2) is 4.57 Å². The Kier molecular flexibility index (Phi) is 7.17. The zero-order valence-electron chi connectivity index (χ0n) is 29.9. The van der Waals surface area contributed by atoms with Crippen molar-refractivity contribution in [2.45, 2.75) is 0 Å². The van der Waals surface area contributed by atoms with Crippen molar-refractivity contribution in [3.63, 3.8) is 0 Å². The monoisotopic (exact) mass is 702 g/mol. The van der Waals surface area contributed by atoms with Gasteiger partial charge in [0, 0.05) is 49.6 Å². The normalized spacial score (nSPS) is 11.6. The van der Waals surface area contributed by atoms with Gasteiger partial charge in [0.1, 0.15) is 11.2 Å². The van der Waals surface area contributed by atoms with Crippen LogP contribution in [0.5, 0.6) is 0 Å². The summed E-state index contributed by atoms with van der Waals surface area (Å²) in [5.41, 5.74) is 13.2. The molecule has 0 aliphatic carbocycles. The number of hydrogen-bond donors (Lipinski definition) is 0. The minimum absolute atomic E-state index is 0.900. The number of benzene rings is 9. The van der Waals surface area contributed by atoms with Gasteiger partial charge in [0.2, 0.25) is 0 Å². The molecule has 3 nitrogen and oxygen atoms in total. The quantitative estimate of drug-likeness (QED) is 0.172. The smallest absolute Gasteiger partial charge is 0.143 e. The molecule has 0 saturated heterocycles. The first-order chi connectivity index (χ1) is 27.3. The molecule has 0 fully saturated rings. The zero-order valence-corrected chi connectivity index (χ0v) is 29.9. The number of fused-ring (bicyclic) bond motifs is 8. The van der Waals surface area contributed by atoms with Crippen molar-refractivity contribution < 1.29 is 4.42 Å². The number of rotatable bonds is 6. The molecule has 3 heteroatoms. The Bertz CT molecular complexity index is 3140. The number of furan rings is 1. The number of hydrogen-bond acceptors (Lipinski definition) is 2. The van der Waals surface area contributed by atoms with Gasteiger partial charge in [-0.1, -0.05) is 140 Å². The predicted octanol–water partition coefficient (Wildman–Crippen LogP) is 14.6. The molecule has 11 rings (SSSR count). The van der Waals surface area contributed by atoms with Crippen molar-refractivity contribution >= 4 is 71.6 Å². The summed E-state index contributed by atoms with van der Waals surface area (Å²) in [5, 5.41) is 7.03. The van der Waals surface area contributed by atoms with Gasteiger partial charge in [-0.3, -0.25) is 0 Å². The molecule has 0 aliphatic heterocycles. The van der Waals surface area contributed by atoms with E-state index in [9.17, 15) is 0 Å². The van der Waals surface area contributed by atoms with Crippen molar-refractivity contribution in [1.29, 1.82) is 0 Å². The maximum Gasteiger partial charge on any atom is 0.143 e. The zero-order chi connectivity index (χ0) is 36.3. The van der Waals surface area contributed by atoms with E-state index in [2.05, 4.69) is 210 Å². The molecule has 0 radical (unpaired) electrons. The van der Waals surface area contributed by atoms with E-state index >= 15 is 0 Å². The van der Waals surface area contributed by atoms with Crippen LogP contribution in [0.2, 0.25) is 0 Å². The van der Waals surface area contributed by atoms with E-state index in [1.807, 2.05) is 6.07 Å². The average Bonchev–Trinajstić information content (AvgIpc) is 3.81. The van der Waals surface area contributed by atoms with Crippen molar-refractivity contribution in [3.8, 4) is 27.9 Å². The summed E-state index contributed by atoms with van der Waals surface area (Å²) in [6.07, 6.45) is 0. The Balaban J connectivity index is 1.11. The molecule has 0 aliphatic rings. The fourth-order valence-corrected chi connectivity index (χ4v) is 8.49. The average molecular weight is 703 g/mol. The van der Waals surface area contributed by atoms with Crippen LogP contribution < -0.4 is 4.90 Å². The van der Waals surface area contributed by atoms with E-state index in [0.29, 0.717) is 0 Å². The van der Waals surface area contributed by atoms with Crippen LogP contribution in [0.15, 0.2) is 211 Å². The number of para-hydroxylation sites is 4. The Morgan fingerprint density at radius 3 is 1.71 bits per heavy atom. The van der Waals surface area contributed by atoms with Gasteiger partial charge in [-0.2, -0.15) is 0 Å². The molecule has 0 N–H and O–H groups in total. The van der Waals surface area contributed by atoms with Crippen LogP contribution in [0.25, 0.3) is 82.5 Å². The van der Waals surface area contributed by atoms with Gasteiger partial charge in [-0.15, -0.1) is 0 Å². The molecule has 0 bridgehead atoms. The van der Waals surface area contributed by atoms with Gasteiger partial charge in [0.05, 0.1) is 16.7 Å². The van der Waals surface area contributed by atoms with Crippen LogP contribution in [0.1, 0.15) is 0 Å². The van der Waals surface area contributed by atoms with Gasteiger partial charge < -0.3 is 13.9 Å². The predicted molar refractivity (Wildman–Crippen MR) is 231 cm³/mol. The fourth-order valence-electron chi connectivity index (χ4n) is 8.49. The van der Waals surface area contributed by atoms with Crippen LogP contribution in [0.3, 0.4) is 0 Å². The maximum atomic E-state index is 6.65. The fraction of sp³-hybridized carbons (Fsp3) is 0. The third kappa shape index (κ3) is 5.05. The van der Waals surface area contributed by atoms with Gasteiger partial charge in [-0.05, 0) is 88.8 Å². The van der Waals surface area contributed by atoms with Gasteiger partial charge in [-0.25, -0.2) is 0 Å². The number of anilines is 3. The first kappa shape index (κ1) is 31.2. The summed E-state index contributed by atoms with van der Waals surface area (Å²) in [4.78, 5) is 2.39. The van der Waals surface area contributed by atoms with Crippen molar-refractivity contribution in [2.75, 3.05) is 4.90 Å². The highest BCUT2D eigenvalue weighted by molar-refractivity contribution is 6.19. The molecule has 55 heavy (non-hydrogen) atoms. The molecule has 11 aromatic rings. The van der Waals surface area contributed by atoms with E-state index < -0.39 is 0 Å². The summed E-state index contributed by atoms with van der Waals surface area (Å²) in [7, 11) is 0. The summed E-state index contributed by atoms with van der Waals surface area (Å²) >= 11 is 0. The third-order valence-corrected chi connectivity index (χ3v) is 11.0. The van der Waals surface area contributed by atoms with Crippen molar-refractivity contribution in [1.82, 2.24) is 4.57 Å². The molecule has 0 saturated carbocycles. The lowest BCUT2D eigenvalue weighted by Crippen LogP contribution is -2.11. The largest absolute Gasteiger partial charge is 0.455 e.